The van der Waals surface area contributed by atoms with Gasteiger partial charge in [-0.2, -0.15) is 5.26 Å². The van der Waals surface area contributed by atoms with E-state index in [1.54, 1.807) is 0 Å². The van der Waals surface area contributed by atoms with E-state index < -0.39 is 0 Å². The van der Waals surface area contributed by atoms with Crippen LogP contribution >= 0.6 is 0 Å². The summed E-state index contributed by atoms with van der Waals surface area (Å²) >= 11 is 0. The van der Waals surface area contributed by atoms with Crippen molar-refractivity contribution in [2.24, 2.45) is 5.92 Å². The lowest BCUT2D eigenvalue weighted by atomic mass is 9.88. The Hall–Kier alpha value is -1.03. The highest BCUT2D eigenvalue weighted by atomic mass is 14.3. The molecule has 1 nitrogen and oxygen atoms in total. The Balaban J connectivity index is 2.59. The van der Waals surface area contributed by atoms with Crippen molar-refractivity contribution < 1.29 is 0 Å². The van der Waals surface area contributed by atoms with E-state index in [2.05, 4.69) is 18.7 Å². The number of hydrogen-bond acceptors (Lipinski definition) is 1. The molecule has 0 aromatic rings. The molecule has 1 heteroatoms. The number of nitriles is 1. The molecule has 0 aromatic carbocycles. The van der Waals surface area contributed by atoms with Crippen LogP contribution in [0.4, 0.5) is 0 Å². The fourth-order valence-corrected chi connectivity index (χ4v) is 1.34. The average Bonchev–Trinajstić information content (AvgIpc) is 2.05. The van der Waals surface area contributed by atoms with Crippen LogP contribution in [0, 0.1) is 17.2 Å². The molecular formula is C10H13N. The Morgan fingerprint density at radius 2 is 2.55 bits per heavy atom. The van der Waals surface area contributed by atoms with Gasteiger partial charge in [-0.05, 0) is 31.8 Å². The normalized spacial score (nSPS) is 23.6. The Labute approximate surface area is 68.0 Å². The summed E-state index contributed by atoms with van der Waals surface area (Å²) in [4.78, 5) is 0. The van der Waals surface area contributed by atoms with Gasteiger partial charge in [0.15, 0.2) is 0 Å². The number of allylic oxidation sites excluding steroid dienone is 3. The molecule has 1 aliphatic rings. The van der Waals surface area contributed by atoms with Crippen molar-refractivity contribution in [2.75, 3.05) is 0 Å². The summed E-state index contributed by atoms with van der Waals surface area (Å²) in [6, 6.07) is 2.29. The van der Waals surface area contributed by atoms with Gasteiger partial charge in [-0.25, -0.2) is 0 Å². The molecule has 0 saturated carbocycles. The second-order valence-corrected chi connectivity index (χ2v) is 3.11. The van der Waals surface area contributed by atoms with Crippen LogP contribution in [-0.4, -0.2) is 0 Å². The summed E-state index contributed by atoms with van der Waals surface area (Å²) in [5.74, 6) is 0.248. The highest BCUT2D eigenvalue weighted by Crippen LogP contribution is 2.26. The molecule has 0 amide bonds. The van der Waals surface area contributed by atoms with Gasteiger partial charge in [0.1, 0.15) is 0 Å². The van der Waals surface area contributed by atoms with Gasteiger partial charge in [-0.1, -0.05) is 18.2 Å². The SMILES string of the molecule is C=C(C)C1=CCC(C#N)CC1. The maximum absolute atomic E-state index is 8.61. The number of nitrogens with zero attached hydrogens (tertiary/aromatic N) is 1. The van der Waals surface area contributed by atoms with E-state index in [1.165, 1.54) is 5.57 Å². The zero-order chi connectivity index (χ0) is 8.27. The van der Waals surface area contributed by atoms with Gasteiger partial charge in [-0.15, -0.1) is 0 Å². The molecule has 0 saturated heterocycles. The average molecular weight is 147 g/mol. The first kappa shape index (κ1) is 8.07. The molecule has 11 heavy (non-hydrogen) atoms. The minimum Gasteiger partial charge on any atom is -0.198 e. The third kappa shape index (κ3) is 1.94. The number of hydrogen-bond donors (Lipinski definition) is 0. The Bertz CT molecular complexity index is 230. The molecule has 58 valence electrons. The molecule has 0 aromatic heterocycles. The van der Waals surface area contributed by atoms with Crippen LogP contribution in [0.1, 0.15) is 26.2 Å². The highest BCUT2D eigenvalue weighted by Gasteiger charge is 2.12. The predicted octanol–water partition coefficient (Wildman–Crippen LogP) is 2.81. The summed E-state index contributed by atoms with van der Waals surface area (Å²) in [7, 11) is 0. The molecular weight excluding hydrogens is 134 g/mol. The molecule has 0 aliphatic heterocycles. The van der Waals surface area contributed by atoms with E-state index in [1.807, 2.05) is 6.92 Å². The summed E-state index contributed by atoms with van der Waals surface area (Å²) < 4.78 is 0. The van der Waals surface area contributed by atoms with Gasteiger partial charge in [0, 0.05) is 0 Å². The molecule has 0 N–H and O–H groups in total. The fourth-order valence-electron chi connectivity index (χ4n) is 1.34. The molecule has 0 heterocycles. The Kier molecular flexibility index (Phi) is 2.48. The van der Waals surface area contributed by atoms with Crippen molar-refractivity contribution in [1.29, 1.82) is 5.26 Å². The molecule has 0 fully saturated rings. The van der Waals surface area contributed by atoms with E-state index >= 15 is 0 Å². The fraction of sp³-hybridized carbons (Fsp3) is 0.500. The smallest absolute Gasteiger partial charge is 0.0659 e. The zero-order valence-electron chi connectivity index (χ0n) is 6.93. The van der Waals surface area contributed by atoms with Crippen molar-refractivity contribution in [3.63, 3.8) is 0 Å². The second-order valence-electron chi connectivity index (χ2n) is 3.11. The first-order valence-electron chi connectivity index (χ1n) is 3.98. The van der Waals surface area contributed by atoms with E-state index in [-0.39, 0.29) is 5.92 Å². The quantitative estimate of drug-likeness (QED) is 0.559. The highest BCUT2D eigenvalue weighted by molar-refractivity contribution is 5.28. The van der Waals surface area contributed by atoms with E-state index in [0.717, 1.165) is 24.8 Å². The van der Waals surface area contributed by atoms with Crippen LogP contribution < -0.4 is 0 Å². The molecule has 1 aliphatic carbocycles. The van der Waals surface area contributed by atoms with E-state index in [4.69, 9.17) is 5.26 Å². The first-order chi connectivity index (χ1) is 5.24. The van der Waals surface area contributed by atoms with Gasteiger partial charge in [0.05, 0.1) is 12.0 Å². The van der Waals surface area contributed by atoms with Crippen LogP contribution in [0.5, 0.6) is 0 Å². The molecule has 1 unspecified atom stereocenters. The van der Waals surface area contributed by atoms with Crippen LogP contribution in [0.2, 0.25) is 0 Å². The van der Waals surface area contributed by atoms with Gasteiger partial charge < -0.3 is 0 Å². The number of rotatable bonds is 1. The topological polar surface area (TPSA) is 23.8 Å². The third-order valence-corrected chi connectivity index (χ3v) is 2.14. The van der Waals surface area contributed by atoms with E-state index in [9.17, 15) is 0 Å². The van der Waals surface area contributed by atoms with Crippen LogP contribution in [0.25, 0.3) is 0 Å². The largest absolute Gasteiger partial charge is 0.198 e. The first-order valence-corrected chi connectivity index (χ1v) is 3.98. The maximum atomic E-state index is 8.61. The Morgan fingerprint density at radius 1 is 1.82 bits per heavy atom. The minimum absolute atomic E-state index is 0.248. The van der Waals surface area contributed by atoms with Crippen molar-refractivity contribution in [1.82, 2.24) is 0 Å². The minimum atomic E-state index is 0.248. The molecule has 0 bridgehead atoms. The van der Waals surface area contributed by atoms with Crippen molar-refractivity contribution in [3.8, 4) is 6.07 Å². The second kappa shape index (κ2) is 3.39. The van der Waals surface area contributed by atoms with Crippen molar-refractivity contribution in [2.45, 2.75) is 26.2 Å². The van der Waals surface area contributed by atoms with Gasteiger partial charge in [-0.3, -0.25) is 0 Å². The summed E-state index contributed by atoms with van der Waals surface area (Å²) in [6.07, 6.45) is 5.11. The lowest BCUT2D eigenvalue weighted by Crippen LogP contribution is -2.03. The van der Waals surface area contributed by atoms with Crippen molar-refractivity contribution >= 4 is 0 Å². The molecule has 1 rings (SSSR count). The lowest BCUT2D eigenvalue weighted by Gasteiger charge is -2.15. The standard InChI is InChI=1S/C10H13N/c1-8(2)10-5-3-9(7-11)4-6-10/h5,9H,1,3-4,6H2,2H3. The predicted molar refractivity (Wildman–Crippen MR) is 45.9 cm³/mol. The monoisotopic (exact) mass is 147 g/mol. The third-order valence-electron chi connectivity index (χ3n) is 2.14. The van der Waals surface area contributed by atoms with E-state index in [0.29, 0.717) is 0 Å². The molecule has 0 spiro atoms. The summed E-state index contributed by atoms with van der Waals surface area (Å²) in [6.45, 7) is 5.90. The van der Waals surface area contributed by atoms with Gasteiger partial charge in [0.2, 0.25) is 0 Å². The summed E-state index contributed by atoms with van der Waals surface area (Å²) in [5, 5.41) is 8.61. The van der Waals surface area contributed by atoms with Crippen LogP contribution in [0.3, 0.4) is 0 Å². The van der Waals surface area contributed by atoms with Gasteiger partial charge in [0.25, 0.3) is 0 Å². The summed E-state index contributed by atoms with van der Waals surface area (Å²) in [5.41, 5.74) is 2.50. The molecule has 1 atom stereocenters. The zero-order valence-corrected chi connectivity index (χ0v) is 6.93. The molecule has 0 radical (unpaired) electrons. The lowest BCUT2D eigenvalue weighted by molar-refractivity contribution is 0.582. The van der Waals surface area contributed by atoms with Crippen molar-refractivity contribution in [3.05, 3.63) is 23.8 Å². The van der Waals surface area contributed by atoms with Gasteiger partial charge >= 0.3 is 0 Å². The Morgan fingerprint density at radius 3 is 2.91 bits per heavy atom. The van der Waals surface area contributed by atoms with Crippen LogP contribution in [0.15, 0.2) is 23.8 Å². The van der Waals surface area contributed by atoms with Crippen LogP contribution in [-0.2, 0) is 0 Å². The maximum Gasteiger partial charge on any atom is 0.0659 e.